The molecular formula is C14H28N2O5. The smallest absolute Gasteiger partial charge is 0.411 e. The van der Waals surface area contributed by atoms with Crippen molar-refractivity contribution >= 4 is 6.09 Å². The van der Waals surface area contributed by atoms with Gasteiger partial charge in [-0.05, 0) is 20.8 Å². The summed E-state index contributed by atoms with van der Waals surface area (Å²) in [5.74, 6) is 0. The van der Waals surface area contributed by atoms with Crippen molar-refractivity contribution in [3.8, 4) is 0 Å². The van der Waals surface area contributed by atoms with Gasteiger partial charge in [0.25, 0.3) is 0 Å². The van der Waals surface area contributed by atoms with Gasteiger partial charge >= 0.3 is 6.09 Å². The molecule has 0 saturated carbocycles. The molecule has 124 valence electrons. The van der Waals surface area contributed by atoms with Gasteiger partial charge in [0, 0.05) is 14.2 Å². The summed E-state index contributed by atoms with van der Waals surface area (Å²) < 4.78 is 15.2. The quantitative estimate of drug-likeness (QED) is 0.487. The molecule has 0 rings (SSSR count). The molecule has 0 fully saturated rings. The van der Waals surface area contributed by atoms with Gasteiger partial charge in [-0.1, -0.05) is 6.08 Å². The Labute approximate surface area is 126 Å². The van der Waals surface area contributed by atoms with Crippen molar-refractivity contribution in [3.05, 3.63) is 12.7 Å². The fraction of sp³-hybridized carbons (Fsp3) is 0.786. The van der Waals surface area contributed by atoms with Crippen LogP contribution in [0.1, 0.15) is 20.8 Å². The summed E-state index contributed by atoms with van der Waals surface area (Å²) in [6.07, 6.45) is 0.0932. The van der Waals surface area contributed by atoms with E-state index in [0.29, 0.717) is 0 Å². The molecule has 7 heteroatoms. The van der Waals surface area contributed by atoms with Gasteiger partial charge in [-0.2, -0.15) is 0 Å². The molecule has 0 heterocycles. The molecule has 7 nitrogen and oxygen atoms in total. The number of hydrogen-bond donors (Lipinski definition) is 2. The zero-order chi connectivity index (χ0) is 16.5. The van der Waals surface area contributed by atoms with Crippen molar-refractivity contribution < 1.29 is 24.1 Å². The molecule has 21 heavy (non-hydrogen) atoms. The van der Waals surface area contributed by atoms with Crippen LogP contribution in [0.4, 0.5) is 4.79 Å². The highest BCUT2D eigenvalue weighted by molar-refractivity contribution is 5.69. The summed E-state index contributed by atoms with van der Waals surface area (Å²) in [5.41, 5.74) is -0.626. The van der Waals surface area contributed by atoms with E-state index in [-0.39, 0.29) is 19.9 Å². The molecule has 0 aromatic rings. The van der Waals surface area contributed by atoms with Crippen LogP contribution in [-0.2, 0) is 14.2 Å². The van der Waals surface area contributed by atoms with E-state index in [0.717, 1.165) is 0 Å². The Morgan fingerprint density at radius 2 is 2.00 bits per heavy atom. The zero-order valence-corrected chi connectivity index (χ0v) is 13.6. The number of amides is 1. The monoisotopic (exact) mass is 304 g/mol. The summed E-state index contributed by atoms with van der Waals surface area (Å²) in [5, 5.41) is 12.6. The van der Waals surface area contributed by atoms with Crippen molar-refractivity contribution in [1.82, 2.24) is 10.2 Å². The summed E-state index contributed by atoms with van der Waals surface area (Å²) >= 11 is 0. The fourth-order valence-electron chi connectivity index (χ4n) is 1.55. The van der Waals surface area contributed by atoms with Gasteiger partial charge in [-0.3, -0.25) is 10.2 Å². The van der Waals surface area contributed by atoms with Crippen LogP contribution in [0.2, 0.25) is 0 Å². The number of carbonyl (C=O) groups is 1. The van der Waals surface area contributed by atoms with Gasteiger partial charge in [-0.25, -0.2) is 4.79 Å². The lowest BCUT2D eigenvalue weighted by molar-refractivity contribution is -0.00947. The summed E-state index contributed by atoms with van der Waals surface area (Å²) in [6, 6.07) is -0.399. The van der Waals surface area contributed by atoms with E-state index in [1.165, 1.54) is 19.1 Å². The number of methoxy groups -OCH3 is 2. The molecule has 0 aliphatic carbocycles. The average molecular weight is 304 g/mol. The van der Waals surface area contributed by atoms with Crippen LogP contribution in [0.3, 0.4) is 0 Å². The van der Waals surface area contributed by atoms with E-state index in [2.05, 4.69) is 11.9 Å². The highest BCUT2D eigenvalue weighted by Crippen LogP contribution is 2.13. The molecule has 0 aliphatic rings. The van der Waals surface area contributed by atoms with Gasteiger partial charge in [0.2, 0.25) is 0 Å². The number of hydrogen-bond acceptors (Lipinski definition) is 6. The van der Waals surface area contributed by atoms with Gasteiger partial charge < -0.3 is 19.3 Å². The first-order valence-electron chi connectivity index (χ1n) is 6.76. The first kappa shape index (κ1) is 19.9. The third-order valence-corrected chi connectivity index (χ3v) is 2.47. The van der Waals surface area contributed by atoms with E-state index in [1.807, 2.05) is 0 Å². The van der Waals surface area contributed by atoms with Crippen molar-refractivity contribution in [2.24, 2.45) is 0 Å². The number of carbonyl (C=O) groups excluding carboxylic acids is 1. The highest BCUT2D eigenvalue weighted by atomic mass is 16.6. The number of aliphatic hydroxyl groups is 1. The Balaban J connectivity index is 4.90. The number of aliphatic hydroxyl groups excluding tert-OH is 1. The van der Waals surface area contributed by atoms with E-state index < -0.39 is 24.0 Å². The number of nitrogens with one attached hydrogen (secondary N) is 1. The minimum atomic E-state index is -0.947. The Kier molecular flexibility index (Phi) is 9.19. The van der Waals surface area contributed by atoms with Crippen LogP contribution < -0.4 is 5.32 Å². The minimum Gasteiger partial charge on any atom is -0.444 e. The van der Waals surface area contributed by atoms with Crippen molar-refractivity contribution in [1.29, 1.82) is 0 Å². The Morgan fingerprint density at radius 3 is 2.43 bits per heavy atom. The molecule has 2 atom stereocenters. The van der Waals surface area contributed by atoms with Crippen LogP contribution in [0.5, 0.6) is 0 Å². The van der Waals surface area contributed by atoms with Crippen LogP contribution >= 0.6 is 0 Å². The third kappa shape index (κ3) is 8.67. The standard InChI is InChI=1S/C14H28N2O5/c1-7-11(9-19-5)16(8-12(17)15-10-20-6)13(18)21-14(2,3)4/h7,11-12,15,17H,1,8-10H2,2-6H3/t11-,12-/m0/s1. The predicted molar refractivity (Wildman–Crippen MR) is 79.8 cm³/mol. The molecule has 0 bridgehead atoms. The van der Waals surface area contributed by atoms with E-state index in [4.69, 9.17) is 14.2 Å². The van der Waals surface area contributed by atoms with E-state index in [9.17, 15) is 9.90 Å². The molecule has 0 radical (unpaired) electrons. The molecule has 0 unspecified atom stereocenters. The Bertz CT molecular complexity index is 317. The largest absolute Gasteiger partial charge is 0.444 e. The second-order valence-electron chi connectivity index (χ2n) is 5.54. The first-order valence-corrected chi connectivity index (χ1v) is 6.76. The lowest BCUT2D eigenvalue weighted by atomic mass is 10.2. The average Bonchev–Trinajstić information content (AvgIpc) is 2.38. The van der Waals surface area contributed by atoms with Crippen LogP contribution in [0, 0.1) is 0 Å². The molecule has 2 N–H and O–H groups in total. The topological polar surface area (TPSA) is 80.3 Å². The number of nitrogens with zero attached hydrogens (tertiary/aromatic N) is 1. The maximum atomic E-state index is 12.3. The van der Waals surface area contributed by atoms with Crippen molar-refractivity contribution in [2.75, 3.05) is 34.1 Å². The fourth-order valence-corrected chi connectivity index (χ4v) is 1.55. The van der Waals surface area contributed by atoms with Gasteiger partial charge in [-0.15, -0.1) is 6.58 Å². The maximum Gasteiger partial charge on any atom is 0.411 e. The van der Waals surface area contributed by atoms with Gasteiger partial charge in [0.1, 0.15) is 11.8 Å². The summed E-state index contributed by atoms with van der Waals surface area (Å²) in [4.78, 5) is 13.6. The molecule has 0 aliphatic heterocycles. The number of rotatable bonds is 9. The Hall–Kier alpha value is -1.15. The second kappa shape index (κ2) is 9.73. The highest BCUT2D eigenvalue weighted by Gasteiger charge is 2.28. The molecule has 0 aromatic heterocycles. The molecular weight excluding hydrogens is 276 g/mol. The van der Waals surface area contributed by atoms with Gasteiger partial charge in [0.15, 0.2) is 0 Å². The maximum absolute atomic E-state index is 12.3. The normalized spacial score (nSPS) is 14.4. The molecule has 0 aromatic carbocycles. The van der Waals surface area contributed by atoms with E-state index in [1.54, 1.807) is 26.8 Å². The Morgan fingerprint density at radius 1 is 1.38 bits per heavy atom. The molecule has 0 spiro atoms. The molecule has 0 saturated heterocycles. The summed E-state index contributed by atoms with van der Waals surface area (Å²) in [7, 11) is 3.03. The van der Waals surface area contributed by atoms with Crippen LogP contribution in [0.15, 0.2) is 12.7 Å². The predicted octanol–water partition coefficient (Wildman–Crippen LogP) is 0.936. The van der Waals surface area contributed by atoms with Crippen LogP contribution in [-0.4, -0.2) is 68.1 Å². The second-order valence-corrected chi connectivity index (χ2v) is 5.54. The third-order valence-electron chi connectivity index (χ3n) is 2.47. The van der Waals surface area contributed by atoms with Crippen LogP contribution in [0.25, 0.3) is 0 Å². The summed E-state index contributed by atoms with van der Waals surface area (Å²) in [6.45, 7) is 9.49. The first-order chi connectivity index (χ1) is 9.75. The lowest BCUT2D eigenvalue weighted by Crippen LogP contribution is -2.51. The lowest BCUT2D eigenvalue weighted by Gasteiger charge is -2.33. The minimum absolute atomic E-state index is 0.0261. The van der Waals surface area contributed by atoms with E-state index >= 15 is 0 Å². The number of ether oxygens (including phenoxy) is 3. The van der Waals surface area contributed by atoms with Gasteiger partial charge in [0.05, 0.1) is 25.9 Å². The van der Waals surface area contributed by atoms with Crippen molar-refractivity contribution in [3.63, 3.8) is 0 Å². The van der Waals surface area contributed by atoms with Crippen molar-refractivity contribution in [2.45, 2.75) is 38.6 Å². The SMILES string of the molecule is C=C[C@@H](COC)N(C[C@H](O)NCOC)C(=O)OC(C)(C)C. The zero-order valence-electron chi connectivity index (χ0n) is 13.6. The molecule has 1 amide bonds.